The molecule has 0 spiro atoms. The van der Waals surface area contributed by atoms with E-state index < -0.39 is 11.2 Å². The molecule has 1 atom stereocenters. The van der Waals surface area contributed by atoms with Crippen LogP contribution in [0.15, 0.2) is 33.9 Å². The standard InChI is InChI=1S/C27H30N8O3/c1-5-6-14-34-23-24(31-26(34)33-13-9-10-19(15-33)29-18(3)36)32(4)27(38)35(25(23)37)16-22-28-17(2)20-11-7-8-12-21(20)30-22/h7-8,11-12,19H,9-10,13-16H2,1-4H3,(H,29,36)/t19-/m1/s1. The summed E-state index contributed by atoms with van der Waals surface area (Å²) in [6, 6.07) is 7.61. The zero-order valence-electron chi connectivity index (χ0n) is 22.0. The Balaban J connectivity index is 1.64. The number of anilines is 1. The molecular formula is C27H30N8O3. The maximum Gasteiger partial charge on any atom is 0.332 e. The van der Waals surface area contributed by atoms with Crippen molar-refractivity contribution in [2.24, 2.45) is 7.05 Å². The number of carbonyl (C=O) groups is 1. The van der Waals surface area contributed by atoms with Crippen LogP contribution in [-0.2, 0) is 24.9 Å². The Bertz CT molecular complexity index is 1740. The van der Waals surface area contributed by atoms with Gasteiger partial charge >= 0.3 is 5.69 Å². The summed E-state index contributed by atoms with van der Waals surface area (Å²) in [6.07, 6.45) is 1.72. The first-order chi connectivity index (χ1) is 18.3. The first-order valence-corrected chi connectivity index (χ1v) is 12.6. The third-order valence-electron chi connectivity index (χ3n) is 6.88. The topological polar surface area (TPSA) is 120 Å². The van der Waals surface area contributed by atoms with Crippen LogP contribution in [0.5, 0.6) is 0 Å². The van der Waals surface area contributed by atoms with Crippen LogP contribution in [-0.4, -0.2) is 53.7 Å². The molecule has 3 aromatic heterocycles. The number of carbonyl (C=O) groups excluding carboxylic acids is 1. The van der Waals surface area contributed by atoms with E-state index in [0.717, 1.165) is 34.0 Å². The van der Waals surface area contributed by atoms with Crippen LogP contribution in [0.1, 0.15) is 38.2 Å². The molecule has 1 N–H and O–H groups in total. The van der Waals surface area contributed by atoms with Crippen molar-refractivity contribution in [3.8, 4) is 11.8 Å². The number of fused-ring (bicyclic) bond motifs is 2. The molecule has 0 aliphatic carbocycles. The number of hydrogen-bond acceptors (Lipinski definition) is 7. The van der Waals surface area contributed by atoms with Gasteiger partial charge in [0.15, 0.2) is 11.2 Å². The zero-order valence-corrected chi connectivity index (χ0v) is 22.0. The Kier molecular flexibility index (Phi) is 6.72. The quantitative estimate of drug-likeness (QED) is 0.399. The van der Waals surface area contributed by atoms with Gasteiger partial charge in [-0.2, -0.15) is 4.98 Å². The number of rotatable bonds is 5. The highest BCUT2D eigenvalue weighted by molar-refractivity contribution is 5.80. The molecule has 38 heavy (non-hydrogen) atoms. The van der Waals surface area contributed by atoms with Crippen LogP contribution in [0.2, 0.25) is 0 Å². The van der Waals surface area contributed by atoms with E-state index in [2.05, 4.69) is 27.1 Å². The van der Waals surface area contributed by atoms with E-state index in [1.807, 2.05) is 36.1 Å². The van der Waals surface area contributed by atoms with Crippen LogP contribution in [0.25, 0.3) is 22.1 Å². The molecule has 0 unspecified atom stereocenters. The van der Waals surface area contributed by atoms with E-state index in [4.69, 9.17) is 4.98 Å². The van der Waals surface area contributed by atoms with E-state index >= 15 is 0 Å². The summed E-state index contributed by atoms with van der Waals surface area (Å²) in [5.74, 6) is 6.78. The molecule has 11 heteroatoms. The Labute approximate surface area is 219 Å². The molecule has 0 bridgehead atoms. The summed E-state index contributed by atoms with van der Waals surface area (Å²) in [5, 5.41) is 3.91. The molecule has 0 radical (unpaired) electrons. The maximum atomic E-state index is 13.9. The van der Waals surface area contributed by atoms with Crippen LogP contribution >= 0.6 is 0 Å². The summed E-state index contributed by atoms with van der Waals surface area (Å²) >= 11 is 0. The number of aromatic nitrogens is 6. The van der Waals surface area contributed by atoms with E-state index in [9.17, 15) is 14.4 Å². The summed E-state index contributed by atoms with van der Waals surface area (Å²) in [5.41, 5.74) is 1.16. The number of hydrogen-bond donors (Lipinski definition) is 1. The Morgan fingerprint density at radius 3 is 2.71 bits per heavy atom. The van der Waals surface area contributed by atoms with Gasteiger partial charge in [-0.1, -0.05) is 24.1 Å². The van der Waals surface area contributed by atoms with Crippen molar-refractivity contribution in [2.45, 2.75) is 52.7 Å². The lowest BCUT2D eigenvalue weighted by Gasteiger charge is -2.33. The van der Waals surface area contributed by atoms with Crippen molar-refractivity contribution in [3.05, 3.63) is 56.6 Å². The molecular weight excluding hydrogens is 484 g/mol. The van der Waals surface area contributed by atoms with Crippen LogP contribution < -0.4 is 21.5 Å². The van der Waals surface area contributed by atoms with Crippen molar-refractivity contribution in [1.29, 1.82) is 0 Å². The predicted octanol–water partition coefficient (Wildman–Crippen LogP) is 1.32. The van der Waals surface area contributed by atoms with Gasteiger partial charge in [0.2, 0.25) is 11.9 Å². The van der Waals surface area contributed by atoms with E-state index in [-0.39, 0.29) is 25.0 Å². The third kappa shape index (κ3) is 4.53. The van der Waals surface area contributed by atoms with Gasteiger partial charge in [0.1, 0.15) is 5.82 Å². The Morgan fingerprint density at radius 1 is 1.16 bits per heavy atom. The lowest BCUT2D eigenvalue weighted by molar-refractivity contribution is -0.119. The van der Waals surface area contributed by atoms with Crippen molar-refractivity contribution in [1.82, 2.24) is 34.0 Å². The lowest BCUT2D eigenvalue weighted by Crippen LogP contribution is -2.48. The average Bonchev–Trinajstić information content (AvgIpc) is 3.28. The van der Waals surface area contributed by atoms with Gasteiger partial charge in [0.25, 0.3) is 5.56 Å². The highest BCUT2D eigenvalue weighted by atomic mass is 16.2. The summed E-state index contributed by atoms with van der Waals surface area (Å²) in [6.45, 7) is 6.56. The number of piperidine rings is 1. The van der Waals surface area contributed by atoms with Gasteiger partial charge in [-0.15, -0.1) is 5.92 Å². The molecule has 1 amide bonds. The Hall–Kier alpha value is -4.46. The fourth-order valence-corrected chi connectivity index (χ4v) is 5.12. The summed E-state index contributed by atoms with van der Waals surface area (Å²) in [7, 11) is 1.61. The van der Waals surface area contributed by atoms with E-state index in [0.29, 0.717) is 36.0 Å². The minimum atomic E-state index is -0.496. The first-order valence-electron chi connectivity index (χ1n) is 12.6. The number of nitrogens with one attached hydrogen (secondary N) is 1. The molecule has 5 rings (SSSR count). The molecule has 1 aromatic carbocycles. The molecule has 1 aliphatic rings. The first kappa shape index (κ1) is 25.2. The van der Waals surface area contributed by atoms with Gasteiger partial charge in [0.05, 0.1) is 18.6 Å². The molecule has 1 aliphatic heterocycles. The molecule has 4 heterocycles. The fraction of sp³-hybridized carbons (Fsp3) is 0.407. The number of para-hydroxylation sites is 1. The van der Waals surface area contributed by atoms with Gasteiger partial charge in [-0.3, -0.25) is 23.3 Å². The number of amides is 1. The predicted molar refractivity (Wildman–Crippen MR) is 145 cm³/mol. The SMILES string of the molecule is CC#CCn1c(N2CCC[C@@H](NC(C)=O)C2)nc2c1c(=O)n(Cc1nc(C)c3ccccc3n1)c(=O)n2C. The second-order valence-electron chi connectivity index (χ2n) is 9.56. The largest absolute Gasteiger partial charge is 0.352 e. The normalized spacial score (nSPS) is 15.5. The van der Waals surface area contributed by atoms with Gasteiger partial charge in [-0.05, 0) is 32.8 Å². The Morgan fingerprint density at radius 2 is 1.95 bits per heavy atom. The van der Waals surface area contributed by atoms with Crippen molar-refractivity contribution < 1.29 is 4.79 Å². The van der Waals surface area contributed by atoms with Crippen molar-refractivity contribution >= 4 is 33.9 Å². The fourth-order valence-electron chi connectivity index (χ4n) is 5.12. The molecule has 4 aromatic rings. The number of nitrogens with zero attached hydrogens (tertiary/aromatic N) is 7. The minimum Gasteiger partial charge on any atom is -0.352 e. The average molecular weight is 515 g/mol. The van der Waals surface area contributed by atoms with Gasteiger partial charge in [-0.25, -0.2) is 14.8 Å². The number of benzene rings is 1. The van der Waals surface area contributed by atoms with Gasteiger partial charge < -0.3 is 10.2 Å². The molecule has 196 valence electrons. The number of aryl methyl sites for hydroxylation is 2. The van der Waals surface area contributed by atoms with Crippen LogP contribution in [0, 0.1) is 18.8 Å². The monoisotopic (exact) mass is 514 g/mol. The van der Waals surface area contributed by atoms with E-state index in [1.165, 1.54) is 11.5 Å². The minimum absolute atomic E-state index is 0.0273. The molecule has 1 fully saturated rings. The highest BCUT2D eigenvalue weighted by Crippen LogP contribution is 2.23. The van der Waals surface area contributed by atoms with E-state index in [1.54, 1.807) is 18.5 Å². The van der Waals surface area contributed by atoms with Crippen LogP contribution in [0.4, 0.5) is 5.95 Å². The highest BCUT2D eigenvalue weighted by Gasteiger charge is 2.27. The molecule has 11 nitrogen and oxygen atoms in total. The second kappa shape index (κ2) is 10.1. The smallest absolute Gasteiger partial charge is 0.332 e. The zero-order chi connectivity index (χ0) is 27.0. The summed E-state index contributed by atoms with van der Waals surface area (Å²) in [4.78, 5) is 54.8. The van der Waals surface area contributed by atoms with Crippen molar-refractivity contribution in [3.63, 3.8) is 0 Å². The lowest BCUT2D eigenvalue weighted by atomic mass is 10.1. The molecule has 0 saturated carbocycles. The number of imidazole rings is 1. The third-order valence-corrected chi connectivity index (χ3v) is 6.88. The van der Waals surface area contributed by atoms with Gasteiger partial charge in [0, 0.05) is 44.2 Å². The van der Waals surface area contributed by atoms with Crippen molar-refractivity contribution in [2.75, 3.05) is 18.0 Å². The maximum absolute atomic E-state index is 13.9. The second-order valence-corrected chi connectivity index (χ2v) is 9.56. The molecule has 1 saturated heterocycles. The van der Waals surface area contributed by atoms with Crippen LogP contribution in [0.3, 0.4) is 0 Å². The summed E-state index contributed by atoms with van der Waals surface area (Å²) < 4.78 is 4.32.